The van der Waals surface area contributed by atoms with Crippen LogP contribution in [0.5, 0.6) is 5.75 Å². The van der Waals surface area contributed by atoms with Crippen LogP contribution in [0.25, 0.3) is 0 Å². The van der Waals surface area contributed by atoms with E-state index in [0.717, 1.165) is 6.42 Å². The number of ether oxygens (including phenoxy) is 1. The average molecular weight is 224 g/mol. The third kappa shape index (κ3) is 5.74. The Kier molecular flexibility index (Phi) is 6.62. The maximum absolute atomic E-state index is 12.8. The van der Waals surface area contributed by atoms with Crippen molar-refractivity contribution in [1.29, 1.82) is 0 Å². The number of benzene rings is 1. The summed E-state index contributed by atoms with van der Waals surface area (Å²) in [6.45, 7) is 2.91. The van der Waals surface area contributed by atoms with Crippen molar-refractivity contribution in [1.82, 2.24) is 0 Å². The molecular weight excluding hydrogens is 203 g/mol. The van der Waals surface area contributed by atoms with Gasteiger partial charge in [0.1, 0.15) is 11.6 Å². The summed E-state index contributed by atoms with van der Waals surface area (Å²) in [4.78, 5) is 0. The van der Waals surface area contributed by atoms with Crippen molar-refractivity contribution in [2.75, 3.05) is 6.61 Å². The van der Waals surface area contributed by atoms with Gasteiger partial charge < -0.3 is 4.74 Å². The van der Waals surface area contributed by atoms with Crippen LogP contribution < -0.4 is 4.74 Å². The summed E-state index contributed by atoms with van der Waals surface area (Å²) in [6.07, 6.45) is 7.46. The van der Waals surface area contributed by atoms with E-state index in [1.54, 1.807) is 12.1 Å². The number of rotatable bonds is 8. The second-order valence-corrected chi connectivity index (χ2v) is 4.07. The van der Waals surface area contributed by atoms with E-state index in [-0.39, 0.29) is 5.82 Å². The number of hydrogen-bond donors (Lipinski definition) is 0. The van der Waals surface area contributed by atoms with Gasteiger partial charge in [0, 0.05) is 6.07 Å². The lowest BCUT2D eigenvalue weighted by molar-refractivity contribution is 0.303. The Labute approximate surface area is 97.6 Å². The molecule has 1 nitrogen and oxygen atoms in total. The van der Waals surface area contributed by atoms with Crippen LogP contribution in [0.1, 0.15) is 45.4 Å². The molecule has 0 saturated carbocycles. The summed E-state index contributed by atoms with van der Waals surface area (Å²) < 4.78 is 18.3. The molecule has 1 rings (SSSR count). The van der Waals surface area contributed by atoms with Gasteiger partial charge in [-0.25, -0.2) is 4.39 Å². The SMILES string of the molecule is CCCCCCCCOc1cccc(F)c1. The minimum Gasteiger partial charge on any atom is -0.493 e. The Morgan fingerprint density at radius 1 is 1.06 bits per heavy atom. The molecule has 0 saturated heterocycles. The standard InChI is InChI=1S/C14H21FO/c1-2-3-4-5-6-7-11-16-14-10-8-9-13(15)12-14/h8-10,12H,2-7,11H2,1H3. The Balaban J connectivity index is 2.03. The monoisotopic (exact) mass is 224 g/mol. The number of unbranched alkanes of at least 4 members (excludes halogenated alkanes) is 5. The zero-order chi connectivity index (χ0) is 11.6. The van der Waals surface area contributed by atoms with Crippen LogP contribution in [0.3, 0.4) is 0 Å². The summed E-state index contributed by atoms with van der Waals surface area (Å²) >= 11 is 0. The molecule has 0 heterocycles. The minimum atomic E-state index is -0.236. The molecule has 0 radical (unpaired) electrons. The van der Waals surface area contributed by atoms with Crippen LogP contribution in [0.2, 0.25) is 0 Å². The Bertz CT molecular complexity index is 286. The molecule has 0 aliphatic carbocycles. The minimum absolute atomic E-state index is 0.236. The summed E-state index contributed by atoms with van der Waals surface area (Å²) in [6, 6.07) is 6.32. The molecule has 16 heavy (non-hydrogen) atoms. The molecule has 1 aromatic rings. The fourth-order valence-electron chi connectivity index (χ4n) is 1.63. The normalized spacial score (nSPS) is 10.4. The van der Waals surface area contributed by atoms with Gasteiger partial charge in [-0.3, -0.25) is 0 Å². The van der Waals surface area contributed by atoms with Gasteiger partial charge in [-0.2, -0.15) is 0 Å². The van der Waals surface area contributed by atoms with Crippen molar-refractivity contribution in [3.63, 3.8) is 0 Å². The second-order valence-electron chi connectivity index (χ2n) is 4.07. The molecule has 0 aliphatic heterocycles. The number of hydrogen-bond acceptors (Lipinski definition) is 1. The molecule has 0 aromatic heterocycles. The van der Waals surface area contributed by atoms with Crippen LogP contribution in [0.15, 0.2) is 24.3 Å². The average Bonchev–Trinajstić information content (AvgIpc) is 2.28. The van der Waals surface area contributed by atoms with Gasteiger partial charge in [0.15, 0.2) is 0 Å². The maximum Gasteiger partial charge on any atom is 0.126 e. The van der Waals surface area contributed by atoms with Crippen LogP contribution in [0, 0.1) is 5.82 Å². The summed E-state index contributed by atoms with van der Waals surface area (Å²) in [5.41, 5.74) is 0. The molecule has 0 fully saturated rings. The van der Waals surface area contributed by atoms with Crippen LogP contribution in [0.4, 0.5) is 4.39 Å². The molecule has 0 aliphatic rings. The number of halogens is 1. The highest BCUT2D eigenvalue weighted by Gasteiger charge is 1.95. The molecule has 1 aromatic carbocycles. The largest absolute Gasteiger partial charge is 0.493 e. The smallest absolute Gasteiger partial charge is 0.126 e. The van der Waals surface area contributed by atoms with Crippen molar-refractivity contribution in [2.45, 2.75) is 45.4 Å². The van der Waals surface area contributed by atoms with Crippen LogP contribution in [-0.4, -0.2) is 6.61 Å². The van der Waals surface area contributed by atoms with Crippen molar-refractivity contribution in [3.05, 3.63) is 30.1 Å². The van der Waals surface area contributed by atoms with Gasteiger partial charge in [0.25, 0.3) is 0 Å². The summed E-state index contributed by atoms with van der Waals surface area (Å²) in [5, 5.41) is 0. The molecule has 2 heteroatoms. The zero-order valence-electron chi connectivity index (χ0n) is 10.0. The van der Waals surface area contributed by atoms with Gasteiger partial charge in [-0.1, -0.05) is 45.1 Å². The lowest BCUT2D eigenvalue weighted by atomic mass is 10.1. The molecule has 0 N–H and O–H groups in total. The molecule has 0 amide bonds. The third-order valence-electron chi connectivity index (χ3n) is 2.56. The van der Waals surface area contributed by atoms with E-state index < -0.39 is 0 Å². The van der Waals surface area contributed by atoms with Gasteiger partial charge in [-0.05, 0) is 18.6 Å². The third-order valence-corrected chi connectivity index (χ3v) is 2.56. The van der Waals surface area contributed by atoms with E-state index in [2.05, 4.69) is 6.92 Å². The Morgan fingerprint density at radius 3 is 2.56 bits per heavy atom. The molecule has 0 unspecified atom stereocenters. The van der Waals surface area contributed by atoms with Crippen molar-refractivity contribution < 1.29 is 9.13 Å². The highest BCUT2D eigenvalue weighted by atomic mass is 19.1. The molecule has 0 atom stereocenters. The lowest BCUT2D eigenvalue weighted by Crippen LogP contribution is -1.97. The van der Waals surface area contributed by atoms with Gasteiger partial charge in [0.2, 0.25) is 0 Å². The van der Waals surface area contributed by atoms with E-state index in [0.29, 0.717) is 12.4 Å². The van der Waals surface area contributed by atoms with Gasteiger partial charge in [0.05, 0.1) is 6.61 Å². The van der Waals surface area contributed by atoms with Crippen molar-refractivity contribution in [3.8, 4) is 5.75 Å². The maximum atomic E-state index is 12.8. The van der Waals surface area contributed by atoms with E-state index in [1.165, 1.54) is 44.2 Å². The van der Waals surface area contributed by atoms with Crippen molar-refractivity contribution in [2.24, 2.45) is 0 Å². The first kappa shape index (κ1) is 13.0. The molecule has 90 valence electrons. The highest BCUT2D eigenvalue weighted by Crippen LogP contribution is 2.13. The topological polar surface area (TPSA) is 9.23 Å². The molecule has 0 bridgehead atoms. The molecule has 0 spiro atoms. The zero-order valence-corrected chi connectivity index (χ0v) is 10.0. The lowest BCUT2D eigenvalue weighted by Gasteiger charge is -2.05. The Hall–Kier alpha value is -1.05. The van der Waals surface area contributed by atoms with Gasteiger partial charge >= 0.3 is 0 Å². The fourth-order valence-corrected chi connectivity index (χ4v) is 1.63. The van der Waals surface area contributed by atoms with E-state index in [9.17, 15) is 4.39 Å². The van der Waals surface area contributed by atoms with E-state index in [4.69, 9.17) is 4.74 Å². The summed E-state index contributed by atoms with van der Waals surface area (Å²) in [7, 11) is 0. The van der Waals surface area contributed by atoms with Gasteiger partial charge in [-0.15, -0.1) is 0 Å². The van der Waals surface area contributed by atoms with E-state index >= 15 is 0 Å². The van der Waals surface area contributed by atoms with Crippen LogP contribution >= 0.6 is 0 Å². The highest BCUT2D eigenvalue weighted by molar-refractivity contribution is 5.22. The summed E-state index contributed by atoms with van der Waals surface area (Å²) in [5.74, 6) is 0.397. The predicted octanol–water partition coefficient (Wildman–Crippen LogP) is 4.57. The van der Waals surface area contributed by atoms with Crippen LogP contribution in [-0.2, 0) is 0 Å². The van der Waals surface area contributed by atoms with Crippen molar-refractivity contribution >= 4 is 0 Å². The second kappa shape index (κ2) is 8.14. The van der Waals surface area contributed by atoms with E-state index in [1.807, 2.05) is 0 Å². The first-order valence-electron chi connectivity index (χ1n) is 6.21. The first-order chi connectivity index (χ1) is 7.83. The molecular formula is C14H21FO. The quantitative estimate of drug-likeness (QED) is 0.588. The fraction of sp³-hybridized carbons (Fsp3) is 0.571. The first-order valence-corrected chi connectivity index (χ1v) is 6.21. The predicted molar refractivity (Wildman–Crippen MR) is 65.3 cm³/mol. The Morgan fingerprint density at radius 2 is 1.81 bits per heavy atom.